The molecule has 0 aromatic carbocycles. The maximum atomic E-state index is 13.5. The third kappa shape index (κ3) is 10.8. The van der Waals surface area contributed by atoms with Gasteiger partial charge in [-0.15, -0.1) is 26.3 Å². The Bertz CT molecular complexity index is 1120. The van der Waals surface area contributed by atoms with Crippen molar-refractivity contribution in [3.05, 3.63) is 73.4 Å². The number of ether oxygens (including phenoxy) is 1. The van der Waals surface area contributed by atoms with Crippen LogP contribution in [0.3, 0.4) is 0 Å². The number of aromatic nitrogens is 2. The molecule has 4 atom stereocenters. The highest BCUT2D eigenvalue weighted by Crippen LogP contribution is 2.38. The number of allylic oxidation sites excluding steroid dienone is 4. The van der Waals surface area contributed by atoms with E-state index in [1.54, 1.807) is 10.8 Å². The van der Waals surface area contributed by atoms with E-state index in [2.05, 4.69) is 88.7 Å². The number of hydrogen-bond acceptors (Lipinski definition) is 7. The molecule has 0 saturated carbocycles. The molecule has 1 aliphatic heterocycles. The van der Waals surface area contributed by atoms with Gasteiger partial charge in [-0.3, -0.25) is 4.57 Å². The van der Waals surface area contributed by atoms with Crippen molar-refractivity contribution in [1.82, 2.24) is 9.55 Å². The predicted molar refractivity (Wildman–Crippen MR) is 182 cm³/mol. The van der Waals surface area contributed by atoms with Crippen LogP contribution in [0.2, 0.25) is 76.6 Å². The molecule has 0 radical (unpaired) electrons. The van der Waals surface area contributed by atoms with Crippen molar-refractivity contribution in [2.24, 2.45) is 0 Å². The summed E-state index contributed by atoms with van der Waals surface area (Å²) in [5.41, 5.74) is -0.399. The Morgan fingerprint density at radius 1 is 0.854 bits per heavy atom. The monoisotopic (exact) mass is 635 g/mol. The summed E-state index contributed by atoms with van der Waals surface area (Å²) in [5, 5.41) is 0. The van der Waals surface area contributed by atoms with E-state index in [-0.39, 0.29) is 0 Å². The maximum absolute atomic E-state index is 13.5. The molecule has 0 spiro atoms. The number of hydrogen-bond donors (Lipinski definition) is 1. The molecule has 1 aromatic rings. The van der Waals surface area contributed by atoms with Gasteiger partial charge in [-0.05, 0) is 69.5 Å². The Kier molecular flexibility index (Phi) is 12.7. The van der Waals surface area contributed by atoms with Gasteiger partial charge in [-0.25, -0.2) is 4.79 Å². The maximum Gasteiger partial charge on any atom is 0.351 e. The van der Waals surface area contributed by atoms with Crippen molar-refractivity contribution in [2.45, 2.75) is 101 Å². The van der Waals surface area contributed by atoms with Crippen LogP contribution in [0, 0.1) is 0 Å². The van der Waals surface area contributed by atoms with Gasteiger partial charge in [0.1, 0.15) is 24.1 Å². The lowest BCUT2D eigenvalue weighted by molar-refractivity contribution is -0.0498. The first-order chi connectivity index (χ1) is 19.0. The molecule has 1 fully saturated rings. The molecule has 0 bridgehead atoms. The highest BCUT2D eigenvalue weighted by atomic mass is 28.4. The van der Waals surface area contributed by atoms with Gasteiger partial charge in [0, 0.05) is 6.20 Å². The number of nitrogens with zero attached hydrogens (tertiary/aromatic N) is 2. The van der Waals surface area contributed by atoms with Gasteiger partial charge >= 0.3 is 5.69 Å². The van der Waals surface area contributed by atoms with E-state index in [1.165, 1.54) is 0 Å². The number of rotatable bonds is 18. The second-order valence-corrected chi connectivity index (χ2v) is 30.3. The second-order valence-electron chi connectivity index (χ2n) is 13.3. The highest BCUT2D eigenvalue weighted by Gasteiger charge is 2.51. The van der Waals surface area contributed by atoms with E-state index >= 15 is 0 Å². The van der Waals surface area contributed by atoms with Gasteiger partial charge in [0.15, 0.2) is 39.4 Å². The van der Waals surface area contributed by atoms with E-state index in [1.807, 2.05) is 30.4 Å². The Hall–Kier alpha value is -1.65. The van der Waals surface area contributed by atoms with Crippen LogP contribution < -0.4 is 10.7 Å². The smallest absolute Gasteiger partial charge is 0.351 e. The van der Waals surface area contributed by atoms with E-state index in [0.29, 0.717) is 12.4 Å². The quantitative estimate of drug-likeness (QED) is 0.139. The molecule has 41 heavy (non-hydrogen) atoms. The normalized spacial score (nSPS) is 21.9. The minimum atomic E-state index is -2.23. The summed E-state index contributed by atoms with van der Waals surface area (Å²) < 4.78 is 28.5. The molecule has 12 heteroatoms. The molecule has 2 rings (SSSR count). The fourth-order valence-electron chi connectivity index (χ4n) is 5.01. The first kappa shape index (κ1) is 35.5. The fraction of sp³-hybridized carbons (Fsp3) is 0.586. The van der Waals surface area contributed by atoms with E-state index in [9.17, 15) is 4.79 Å². The van der Waals surface area contributed by atoms with Gasteiger partial charge in [-0.1, -0.05) is 37.4 Å². The molecule has 0 aliphatic carbocycles. The first-order valence-electron chi connectivity index (χ1n) is 14.4. The average molecular weight is 636 g/mol. The summed E-state index contributed by atoms with van der Waals surface area (Å²) in [6, 6.07) is 5.07. The van der Waals surface area contributed by atoms with Gasteiger partial charge in [0.05, 0.1) is 6.61 Å². The highest BCUT2D eigenvalue weighted by molar-refractivity contribution is 6.80. The third-order valence-corrected chi connectivity index (χ3v) is 15.8. The Morgan fingerprint density at radius 2 is 1.37 bits per heavy atom. The van der Waals surface area contributed by atoms with Crippen molar-refractivity contribution >= 4 is 39.0 Å². The van der Waals surface area contributed by atoms with Crippen LogP contribution >= 0.6 is 0 Å². The Morgan fingerprint density at radius 3 is 1.88 bits per heavy atom. The first-order valence-corrected chi connectivity index (χ1v) is 27.0. The van der Waals surface area contributed by atoms with Crippen LogP contribution in [-0.4, -0.2) is 67.7 Å². The van der Waals surface area contributed by atoms with E-state index in [0.717, 1.165) is 24.2 Å². The minimum Gasteiger partial charge on any atom is -0.414 e. The third-order valence-electron chi connectivity index (χ3n) is 6.97. The molecule has 8 nitrogen and oxygen atoms in total. The molecular weight excluding hydrogens is 583 g/mol. The molecule has 0 unspecified atom stereocenters. The van der Waals surface area contributed by atoms with E-state index < -0.39 is 63.4 Å². The fourth-order valence-corrected chi connectivity index (χ4v) is 11.7. The zero-order valence-electron chi connectivity index (χ0n) is 26.6. The molecule has 2 heterocycles. The minimum absolute atomic E-state index is 0.346. The summed E-state index contributed by atoms with van der Waals surface area (Å²) in [6.07, 6.45) is 7.31. The van der Waals surface area contributed by atoms with Crippen molar-refractivity contribution in [3.8, 4) is 0 Å². The molecule has 0 amide bonds. The SMILES string of the molecule is C=CC[Si](C)(C)Nc1ccn([C@H]2O[C@@H](CO[Si](C)(C)CC=C)[C@H](O[Si](C)(C)CC=C)[C@H]2O[Si](C)(C)CC=C)c(=O)n1. The standard InChI is InChI=1S/C29H53N3O5Si4/c1-13-19-38(5,6)31-25-17-18-32(29(33)30-25)28-27(37-41(11,12)22-16-4)26(36-40(9,10)21-15-3)24(35-28)23-34-39(7,8)20-14-2/h13-18,24,26-28H,1-4,19-23H2,5-12H3,(H,30,31,33)/t24-,26-,27+,28-/m0/s1. The Labute approximate surface area is 252 Å². The zero-order chi connectivity index (χ0) is 31.1. The topological polar surface area (TPSA) is 83.8 Å². The molecular formula is C29H53N3O5Si4. The lowest BCUT2D eigenvalue weighted by Gasteiger charge is -2.36. The second kappa shape index (κ2) is 14.7. The van der Waals surface area contributed by atoms with Crippen LogP contribution in [0.25, 0.3) is 0 Å². The van der Waals surface area contributed by atoms with Crippen LogP contribution in [0.5, 0.6) is 0 Å². The van der Waals surface area contributed by atoms with Crippen molar-refractivity contribution in [2.75, 3.05) is 11.6 Å². The van der Waals surface area contributed by atoms with Gasteiger partial charge in [-0.2, -0.15) is 4.98 Å². The Balaban J connectivity index is 2.55. The lowest BCUT2D eigenvalue weighted by atomic mass is 10.1. The number of anilines is 1. The summed E-state index contributed by atoms with van der Waals surface area (Å²) in [4.78, 5) is 21.4. The summed E-state index contributed by atoms with van der Waals surface area (Å²) >= 11 is 0. The predicted octanol–water partition coefficient (Wildman–Crippen LogP) is 6.90. The molecule has 1 aliphatic rings. The molecule has 1 aromatic heterocycles. The molecule has 1 saturated heterocycles. The molecule has 230 valence electrons. The summed E-state index contributed by atoms with van der Waals surface area (Å²) in [5.74, 6) is 0.561. The van der Waals surface area contributed by atoms with Crippen LogP contribution in [0.1, 0.15) is 6.23 Å². The van der Waals surface area contributed by atoms with Gasteiger partial charge < -0.3 is 23.0 Å². The molecule has 1 N–H and O–H groups in total. The number of nitrogens with one attached hydrogen (secondary N) is 1. The van der Waals surface area contributed by atoms with Crippen LogP contribution in [0.4, 0.5) is 5.82 Å². The summed E-state index contributed by atoms with van der Waals surface area (Å²) in [7, 11) is -8.26. The van der Waals surface area contributed by atoms with Crippen LogP contribution in [-0.2, 0) is 18.0 Å². The average Bonchev–Trinajstić information content (AvgIpc) is 3.12. The van der Waals surface area contributed by atoms with Crippen molar-refractivity contribution < 1.29 is 18.0 Å². The van der Waals surface area contributed by atoms with E-state index in [4.69, 9.17) is 18.0 Å². The summed E-state index contributed by atoms with van der Waals surface area (Å²) in [6.45, 7) is 33.3. The van der Waals surface area contributed by atoms with Gasteiger partial charge in [0.25, 0.3) is 0 Å². The largest absolute Gasteiger partial charge is 0.414 e. The van der Waals surface area contributed by atoms with Crippen molar-refractivity contribution in [1.29, 1.82) is 0 Å². The van der Waals surface area contributed by atoms with Crippen molar-refractivity contribution in [3.63, 3.8) is 0 Å². The zero-order valence-corrected chi connectivity index (χ0v) is 30.6. The van der Waals surface area contributed by atoms with Crippen LogP contribution in [0.15, 0.2) is 67.7 Å². The van der Waals surface area contributed by atoms with Gasteiger partial charge in [0.2, 0.25) is 0 Å². The lowest BCUT2D eigenvalue weighted by Crippen LogP contribution is -2.50.